The summed E-state index contributed by atoms with van der Waals surface area (Å²) in [7, 11) is 1.59. The van der Waals surface area contributed by atoms with Gasteiger partial charge in [-0.15, -0.1) is 0 Å². The first-order valence-electron chi connectivity index (χ1n) is 6.50. The van der Waals surface area contributed by atoms with Crippen molar-refractivity contribution in [1.82, 2.24) is 9.78 Å². The molecule has 0 unspecified atom stereocenters. The molecule has 0 amide bonds. The normalized spacial score (nSPS) is 10.2. The summed E-state index contributed by atoms with van der Waals surface area (Å²) < 4.78 is 11.5. The first-order valence-corrected chi connectivity index (χ1v) is 6.50. The van der Waals surface area contributed by atoms with E-state index in [4.69, 9.17) is 9.47 Å². The number of esters is 1. The van der Waals surface area contributed by atoms with E-state index in [-0.39, 0.29) is 17.9 Å². The van der Waals surface area contributed by atoms with E-state index in [1.165, 1.54) is 10.9 Å². The lowest BCUT2D eigenvalue weighted by molar-refractivity contribution is 0.0510. The molecule has 0 aliphatic heterocycles. The largest absolute Gasteiger partial charge is 0.497 e. The van der Waals surface area contributed by atoms with Gasteiger partial charge in [-0.25, -0.2) is 4.79 Å². The highest BCUT2D eigenvalue weighted by atomic mass is 16.5. The molecule has 1 heterocycles. The fraction of sp³-hybridized carbons (Fsp3) is 0.267. The van der Waals surface area contributed by atoms with E-state index in [9.17, 15) is 9.59 Å². The van der Waals surface area contributed by atoms with Crippen molar-refractivity contribution in [2.24, 2.45) is 0 Å². The Labute approximate surface area is 122 Å². The predicted octanol–water partition coefficient (Wildman–Crippen LogP) is 1.93. The molecule has 0 N–H and O–H groups in total. The van der Waals surface area contributed by atoms with Gasteiger partial charge in [-0.05, 0) is 24.6 Å². The maximum absolute atomic E-state index is 11.9. The quantitative estimate of drug-likeness (QED) is 0.600. The van der Waals surface area contributed by atoms with Crippen molar-refractivity contribution in [3.05, 3.63) is 47.3 Å². The second-order valence-corrected chi connectivity index (χ2v) is 4.29. The van der Waals surface area contributed by atoms with Crippen molar-refractivity contribution in [1.29, 1.82) is 0 Å². The third-order valence-electron chi connectivity index (χ3n) is 2.95. The minimum absolute atomic E-state index is 0.169. The second kappa shape index (κ2) is 6.69. The molecule has 0 aliphatic carbocycles. The summed E-state index contributed by atoms with van der Waals surface area (Å²) in [5.41, 5.74) is 1.33. The van der Waals surface area contributed by atoms with Crippen LogP contribution in [0.4, 0.5) is 0 Å². The number of nitrogens with zero attached hydrogens (tertiary/aromatic N) is 2. The summed E-state index contributed by atoms with van der Waals surface area (Å²) in [5.74, 6) is 0.198. The molecular formula is C15H16N2O4. The molecule has 0 radical (unpaired) electrons. The Bertz CT molecular complexity index is 632. The highest BCUT2D eigenvalue weighted by Crippen LogP contribution is 2.15. The number of aldehydes is 1. The zero-order valence-electron chi connectivity index (χ0n) is 11.9. The highest BCUT2D eigenvalue weighted by molar-refractivity contribution is 5.96. The van der Waals surface area contributed by atoms with E-state index in [1.54, 1.807) is 14.0 Å². The third-order valence-corrected chi connectivity index (χ3v) is 2.95. The number of rotatable bonds is 6. The van der Waals surface area contributed by atoms with Crippen LogP contribution in [0.5, 0.6) is 5.75 Å². The lowest BCUT2D eigenvalue weighted by atomic mass is 10.2. The van der Waals surface area contributed by atoms with Gasteiger partial charge in [0, 0.05) is 0 Å². The number of methoxy groups -OCH3 is 1. The Balaban J connectivity index is 2.28. The van der Waals surface area contributed by atoms with E-state index in [0.717, 1.165) is 11.3 Å². The number of carbonyl (C=O) groups is 2. The van der Waals surface area contributed by atoms with Crippen LogP contribution in [0.25, 0.3) is 0 Å². The Hall–Kier alpha value is -2.63. The Morgan fingerprint density at radius 2 is 2.05 bits per heavy atom. The van der Waals surface area contributed by atoms with E-state index < -0.39 is 5.97 Å². The number of ether oxygens (including phenoxy) is 2. The molecule has 0 saturated carbocycles. The summed E-state index contributed by atoms with van der Waals surface area (Å²) in [6.45, 7) is 2.32. The summed E-state index contributed by atoms with van der Waals surface area (Å²) in [6, 6.07) is 7.39. The van der Waals surface area contributed by atoms with Crippen molar-refractivity contribution >= 4 is 12.3 Å². The molecule has 6 nitrogen and oxygen atoms in total. The van der Waals surface area contributed by atoms with E-state index in [2.05, 4.69) is 5.10 Å². The monoisotopic (exact) mass is 288 g/mol. The fourth-order valence-corrected chi connectivity index (χ4v) is 1.93. The van der Waals surface area contributed by atoms with Crippen LogP contribution >= 0.6 is 0 Å². The van der Waals surface area contributed by atoms with E-state index >= 15 is 0 Å². The third kappa shape index (κ3) is 3.28. The Morgan fingerprint density at radius 3 is 2.62 bits per heavy atom. The molecule has 0 fully saturated rings. The molecule has 6 heteroatoms. The molecule has 1 aromatic heterocycles. The van der Waals surface area contributed by atoms with Crippen LogP contribution in [0.3, 0.4) is 0 Å². The zero-order valence-corrected chi connectivity index (χ0v) is 11.9. The van der Waals surface area contributed by atoms with Gasteiger partial charge in [0.2, 0.25) is 0 Å². The van der Waals surface area contributed by atoms with Gasteiger partial charge in [-0.1, -0.05) is 12.1 Å². The molecular weight excluding hydrogens is 272 g/mol. The smallest absolute Gasteiger partial charge is 0.357 e. The number of hydrogen-bond acceptors (Lipinski definition) is 5. The van der Waals surface area contributed by atoms with Crippen molar-refractivity contribution in [2.45, 2.75) is 13.5 Å². The van der Waals surface area contributed by atoms with Gasteiger partial charge in [-0.2, -0.15) is 5.10 Å². The van der Waals surface area contributed by atoms with Crippen LogP contribution in [0.15, 0.2) is 30.5 Å². The van der Waals surface area contributed by atoms with Crippen molar-refractivity contribution in [3.63, 3.8) is 0 Å². The SMILES string of the molecule is CCOC(=O)c1c(C=O)cnn1Cc1ccc(OC)cc1. The molecule has 110 valence electrons. The molecule has 0 atom stereocenters. The van der Waals surface area contributed by atoms with Crippen LogP contribution < -0.4 is 4.74 Å². The molecule has 0 aliphatic rings. The van der Waals surface area contributed by atoms with Gasteiger partial charge in [0.05, 0.1) is 32.0 Å². The first-order chi connectivity index (χ1) is 10.2. The van der Waals surface area contributed by atoms with Gasteiger partial charge in [-0.3, -0.25) is 9.48 Å². The van der Waals surface area contributed by atoms with Gasteiger partial charge in [0.15, 0.2) is 12.0 Å². The lowest BCUT2D eigenvalue weighted by Gasteiger charge is -2.08. The van der Waals surface area contributed by atoms with Crippen LogP contribution in [0.2, 0.25) is 0 Å². The number of aromatic nitrogens is 2. The van der Waals surface area contributed by atoms with Crippen LogP contribution in [0.1, 0.15) is 33.3 Å². The van der Waals surface area contributed by atoms with Gasteiger partial charge in [0.25, 0.3) is 0 Å². The Morgan fingerprint density at radius 1 is 1.33 bits per heavy atom. The van der Waals surface area contributed by atoms with E-state index in [0.29, 0.717) is 12.8 Å². The molecule has 0 spiro atoms. The minimum Gasteiger partial charge on any atom is -0.497 e. The lowest BCUT2D eigenvalue weighted by Crippen LogP contribution is -2.15. The topological polar surface area (TPSA) is 70.4 Å². The first kappa shape index (κ1) is 14.8. The van der Waals surface area contributed by atoms with E-state index in [1.807, 2.05) is 24.3 Å². The Kier molecular flexibility index (Phi) is 4.71. The molecule has 21 heavy (non-hydrogen) atoms. The fourth-order valence-electron chi connectivity index (χ4n) is 1.93. The zero-order chi connectivity index (χ0) is 15.2. The summed E-state index contributed by atoms with van der Waals surface area (Å²) in [4.78, 5) is 22.9. The van der Waals surface area contributed by atoms with Crippen molar-refractivity contribution in [2.75, 3.05) is 13.7 Å². The second-order valence-electron chi connectivity index (χ2n) is 4.29. The molecule has 2 rings (SSSR count). The molecule has 0 bridgehead atoms. The molecule has 0 saturated heterocycles. The van der Waals surface area contributed by atoms with Crippen LogP contribution in [-0.4, -0.2) is 35.8 Å². The maximum Gasteiger partial charge on any atom is 0.357 e. The van der Waals surface area contributed by atoms with Gasteiger partial charge < -0.3 is 9.47 Å². The average Bonchev–Trinajstić information content (AvgIpc) is 2.91. The molecule has 2 aromatic rings. The predicted molar refractivity (Wildman–Crippen MR) is 75.7 cm³/mol. The van der Waals surface area contributed by atoms with Crippen molar-refractivity contribution < 1.29 is 19.1 Å². The summed E-state index contributed by atoms with van der Waals surface area (Å²) in [5, 5.41) is 4.08. The molecule has 1 aromatic carbocycles. The van der Waals surface area contributed by atoms with Crippen LogP contribution in [-0.2, 0) is 11.3 Å². The van der Waals surface area contributed by atoms with Crippen LogP contribution in [0, 0.1) is 0 Å². The maximum atomic E-state index is 11.9. The highest BCUT2D eigenvalue weighted by Gasteiger charge is 2.19. The number of benzene rings is 1. The summed E-state index contributed by atoms with van der Waals surface area (Å²) >= 11 is 0. The number of hydrogen-bond donors (Lipinski definition) is 0. The average molecular weight is 288 g/mol. The number of carbonyl (C=O) groups excluding carboxylic acids is 2. The van der Waals surface area contributed by atoms with Crippen molar-refractivity contribution in [3.8, 4) is 5.75 Å². The minimum atomic E-state index is -0.550. The standard InChI is InChI=1S/C15H16N2O4/c1-3-21-15(19)14-12(10-18)8-16-17(14)9-11-4-6-13(20-2)7-5-11/h4-8,10H,3,9H2,1-2H3. The summed E-state index contributed by atoms with van der Waals surface area (Å²) in [6.07, 6.45) is 1.96. The van der Waals surface area contributed by atoms with Gasteiger partial charge in [0.1, 0.15) is 5.75 Å². The van der Waals surface area contributed by atoms with Gasteiger partial charge >= 0.3 is 5.97 Å².